The van der Waals surface area contributed by atoms with Crippen LogP contribution in [0.5, 0.6) is 0 Å². The number of rotatable bonds is 5. The molecule has 0 saturated carbocycles. The van der Waals surface area contributed by atoms with Crippen molar-refractivity contribution in [1.29, 1.82) is 0 Å². The molecule has 0 unspecified atom stereocenters. The first kappa shape index (κ1) is 18.4. The predicted octanol–water partition coefficient (Wildman–Crippen LogP) is 2.85. The van der Waals surface area contributed by atoms with Crippen LogP contribution in [-0.4, -0.2) is 15.0 Å². The normalized spacial score (nSPS) is 10.8. The summed E-state index contributed by atoms with van der Waals surface area (Å²) in [4.78, 5) is 37.4. The van der Waals surface area contributed by atoms with E-state index in [1.165, 1.54) is 16.8 Å². The fourth-order valence-corrected chi connectivity index (χ4v) is 3.21. The molecule has 3 aromatic carbocycles. The minimum atomic E-state index is -0.519. The van der Waals surface area contributed by atoms with Gasteiger partial charge in [0.25, 0.3) is 5.56 Å². The number of hydrogen-bond acceptors (Lipinski definition) is 3. The van der Waals surface area contributed by atoms with Crippen LogP contribution in [0.15, 0.2) is 94.6 Å². The Labute approximate surface area is 166 Å². The Kier molecular flexibility index (Phi) is 5.07. The van der Waals surface area contributed by atoms with Gasteiger partial charge in [0.05, 0.1) is 6.54 Å². The number of anilines is 1. The van der Waals surface area contributed by atoms with Gasteiger partial charge in [-0.05, 0) is 28.5 Å². The van der Waals surface area contributed by atoms with Crippen LogP contribution in [0.1, 0.15) is 5.56 Å². The molecule has 4 aromatic rings. The maximum atomic E-state index is 12.7. The summed E-state index contributed by atoms with van der Waals surface area (Å²) in [5, 5.41) is 4.82. The summed E-state index contributed by atoms with van der Waals surface area (Å²) >= 11 is 0. The second-order valence-corrected chi connectivity index (χ2v) is 6.75. The van der Waals surface area contributed by atoms with E-state index >= 15 is 0 Å². The third-order valence-corrected chi connectivity index (χ3v) is 4.67. The van der Waals surface area contributed by atoms with Gasteiger partial charge in [-0.2, -0.15) is 0 Å². The zero-order valence-electron chi connectivity index (χ0n) is 15.6. The van der Waals surface area contributed by atoms with Crippen molar-refractivity contribution in [3.05, 3.63) is 111 Å². The molecule has 0 spiro atoms. The Morgan fingerprint density at radius 2 is 1.55 bits per heavy atom. The van der Waals surface area contributed by atoms with E-state index in [1.54, 1.807) is 6.07 Å². The van der Waals surface area contributed by atoms with Crippen LogP contribution >= 0.6 is 0 Å². The number of carbonyl (C=O) groups excluding carboxylic acids is 1. The molecule has 1 N–H and O–H groups in total. The van der Waals surface area contributed by atoms with Crippen molar-refractivity contribution in [3.8, 4) is 0 Å². The average molecular weight is 385 g/mol. The number of benzene rings is 3. The number of nitrogens with one attached hydrogen (secondary N) is 1. The molecule has 1 amide bonds. The summed E-state index contributed by atoms with van der Waals surface area (Å²) in [5.74, 6) is -0.433. The first-order chi connectivity index (χ1) is 14.1. The minimum Gasteiger partial charge on any atom is -0.325 e. The van der Waals surface area contributed by atoms with Gasteiger partial charge in [-0.3, -0.25) is 18.7 Å². The maximum Gasteiger partial charge on any atom is 0.331 e. The Morgan fingerprint density at radius 3 is 2.34 bits per heavy atom. The van der Waals surface area contributed by atoms with Crippen molar-refractivity contribution in [2.45, 2.75) is 13.1 Å². The molecule has 0 atom stereocenters. The van der Waals surface area contributed by atoms with Gasteiger partial charge in [-0.1, -0.05) is 60.7 Å². The Hall–Kier alpha value is -3.93. The number of nitrogens with zero attached hydrogens (tertiary/aromatic N) is 2. The van der Waals surface area contributed by atoms with Crippen LogP contribution in [0.25, 0.3) is 10.8 Å². The molecule has 1 heterocycles. The smallest absolute Gasteiger partial charge is 0.325 e. The van der Waals surface area contributed by atoms with Gasteiger partial charge in [0, 0.05) is 18.0 Å². The third-order valence-electron chi connectivity index (χ3n) is 4.67. The number of hydrogen-bond donors (Lipinski definition) is 1. The van der Waals surface area contributed by atoms with Crippen molar-refractivity contribution < 1.29 is 4.79 Å². The second-order valence-electron chi connectivity index (χ2n) is 6.75. The molecule has 6 nitrogen and oxygen atoms in total. The van der Waals surface area contributed by atoms with Crippen LogP contribution in [0.4, 0.5) is 5.69 Å². The van der Waals surface area contributed by atoms with Crippen LogP contribution in [0, 0.1) is 0 Å². The summed E-state index contributed by atoms with van der Waals surface area (Å²) < 4.78 is 2.36. The first-order valence-corrected chi connectivity index (χ1v) is 9.23. The number of aromatic nitrogens is 2. The van der Waals surface area contributed by atoms with Gasteiger partial charge >= 0.3 is 5.69 Å². The lowest BCUT2D eigenvalue weighted by Crippen LogP contribution is -2.41. The van der Waals surface area contributed by atoms with E-state index in [0.29, 0.717) is 12.2 Å². The van der Waals surface area contributed by atoms with Gasteiger partial charge in [0.1, 0.15) is 6.54 Å². The molecule has 144 valence electrons. The highest BCUT2D eigenvalue weighted by Crippen LogP contribution is 2.18. The molecule has 6 heteroatoms. The lowest BCUT2D eigenvalue weighted by atomic mass is 10.1. The van der Waals surface area contributed by atoms with Crippen molar-refractivity contribution in [1.82, 2.24) is 9.13 Å². The van der Waals surface area contributed by atoms with E-state index in [0.717, 1.165) is 20.9 Å². The van der Waals surface area contributed by atoms with E-state index < -0.39 is 17.2 Å². The van der Waals surface area contributed by atoms with Gasteiger partial charge in [0.15, 0.2) is 0 Å². The Balaban J connectivity index is 1.54. The molecule has 1 aromatic heterocycles. The summed E-state index contributed by atoms with van der Waals surface area (Å²) in [6, 6.07) is 24.1. The quantitative estimate of drug-likeness (QED) is 0.574. The topological polar surface area (TPSA) is 73.1 Å². The van der Waals surface area contributed by atoms with E-state index in [4.69, 9.17) is 0 Å². The highest BCUT2D eigenvalue weighted by molar-refractivity contribution is 5.94. The molecular weight excluding hydrogens is 366 g/mol. The van der Waals surface area contributed by atoms with E-state index in [9.17, 15) is 14.4 Å². The third kappa shape index (κ3) is 4.16. The van der Waals surface area contributed by atoms with E-state index in [-0.39, 0.29) is 6.54 Å². The van der Waals surface area contributed by atoms with Crippen molar-refractivity contribution >= 4 is 22.4 Å². The molecule has 0 aliphatic heterocycles. The Morgan fingerprint density at radius 1 is 0.828 bits per heavy atom. The lowest BCUT2D eigenvalue weighted by molar-refractivity contribution is -0.116. The standard InChI is InChI=1S/C23H19N3O3/c27-21(24-20-11-10-18-8-4-5-9-19(18)14-20)16-26-22(28)12-13-25(23(26)29)15-17-6-2-1-3-7-17/h1-14H,15-16H2,(H,24,27). The molecule has 0 fully saturated rings. The Bertz CT molecular complexity index is 1290. The van der Waals surface area contributed by atoms with Crippen molar-refractivity contribution in [2.75, 3.05) is 5.32 Å². The first-order valence-electron chi connectivity index (χ1n) is 9.23. The fraction of sp³-hybridized carbons (Fsp3) is 0.0870. The second kappa shape index (κ2) is 7.98. The van der Waals surface area contributed by atoms with Gasteiger partial charge < -0.3 is 5.32 Å². The largest absolute Gasteiger partial charge is 0.331 e. The van der Waals surface area contributed by atoms with Crippen molar-refractivity contribution in [2.24, 2.45) is 0 Å². The summed E-state index contributed by atoms with van der Waals surface area (Å²) in [6.07, 6.45) is 1.45. The summed E-state index contributed by atoms with van der Waals surface area (Å²) in [7, 11) is 0. The van der Waals surface area contributed by atoms with Crippen molar-refractivity contribution in [3.63, 3.8) is 0 Å². The molecule has 0 aliphatic carbocycles. The molecule has 0 saturated heterocycles. The molecule has 4 rings (SSSR count). The average Bonchev–Trinajstić information content (AvgIpc) is 2.74. The minimum absolute atomic E-state index is 0.326. The molecular formula is C23H19N3O3. The zero-order chi connectivity index (χ0) is 20.2. The SMILES string of the molecule is O=C(Cn1c(=O)ccn(Cc2ccccc2)c1=O)Nc1ccc2ccccc2c1. The van der Waals surface area contributed by atoms with E-state index in [2.05, 4.69) is 5.32 Å². The fourth-order valence-electron chi connectivity index (χ4n) is 3.21. The number of amides is 1. The van der Waals surface area contributed by atoms with Gasteiger partial charge in [0.2, 0.25) is 5.91 Å². The molecule has 0 aliphatic rings. The molecule has 29 heavy (non-hydrogen) atoms. The highest BCUT2D eigenvalue weighted by atomic mass is 16.2. The van der Waals surface area contributed by atoms with Gasteiger partial charge in [-0.25, -0.2) is 4.79 Å². The highest BCUT2D eigenvalue weighted by Gasteiger charge is 2.11. The predicted molar refractivity (Wildman–Crippen MR) is 113 cm³/mol. The lowest BCUT2D eigenvalue weighted by Gasteiger charge is -2.11. The summed E-state index contributed by atoms with van der Waals surface area (Å²) in [5.41, 5.74) is 0.519. The number of carbonyl (C=O) groups is 1. The van der Waals surface area contributed by atoms with Crippen LogP contribution in [0.2, 0.25) is 0 Å². The van der Waals surface area contributed by atoms with Crippen LogP contribution in [0.3, 0.4) is 0 Å². The molecule has 0 bridgehead atoms. The monoisotopic (exact) mass is 385 g/mol. The van der Waals surface area contributed by atoms with Crippen LogP contribution in [-0.2, 0) is 17.9 Å². The zero-order valence-corrected chi connectivity index (χ0v) is 15.6. The number of fused-ring (bicyclic) bond motifs is 1. The maximum absolute atomic E-state index is 12.7. The van der Waals surface area contributed by atoms with Crippen LogP contribution < -0.4 is 16.6 Å². The molecule has 0 radical (unpaired) electrons. The van der Waals surface area contributed by atoms with E-state index in [1.807, 2.05) is 66.7 Å². The summed E-state index contributed by atoms with van der Waals surface area (Å²) in [6.45, 7) is -0.0215. The van der Waals surface area contributed by atoms with Gasteiger partial charge in [-0.15, -0.1) is 0 Å².